The third-order valence-electron chi connectivity index (χ3n) is 5.81. The molecule has 0 aliphatic heterocycles. The Hall–Kier alpha value is -2.70. The highest BCUT2D eigenvalue weighted by Crippen LogP contribution is 2.35. The standard InChI is InChI=1S/C25H25F5O2/c1-2-3-16-4-6-17(7-5-16)8-9-18-10-12-19(13-11-18)24(31)32-20-14-21(26)23(22(27)15-20)25(28,29)30/h8-17H,2-7H2,1H3/b9-8+. The fourth-order valence-corrected chi connectivity index (χ4v) is 4.10. The second-order valence-corrected chi connectivity index (χ2v) is 8.20. The molecule has 2 nitrogen and oxygen atoms in total. The van der Waals surface area contributed by atoms with Crippen molar-refractivity contribution in [1.82, 2.24) is 0 Å². The first-order valence-corrected chi connectivity index (χ1v) is 10.7. The normalized spacial score (nSPS) is 19.3. The van der Waals surface area contributed by atoms with E-state index in [2.05, 4.69) is 13.0 Å². The number of carbonyl (C=O) groups is 1. The summed E-state index contributed by atoms with van der Waals surface area (Å²) in [4.78, 5) is 12.2. The van der Waals surface area contributed by atoms with Gasteiger partial charge in [0.25, 0.3) is 0 Å². The summed E-state index contributed by atoms with van der Waals surface area (Å²) in [6.07, 6.45) is 6.36. The van der Waals surface area contributed by atoms with E-state index >= 15 is 0 Å². The van der Waals surface area contributed by atoms with E-state index in [1.165, 1.54) is 50.7 Å². The number of esters is 1. The molecule has 1 saturated carbocycles. The van der Waals surface area contributed by atoms with Crippen molar-refractivity contribution in [3.05, 3.63) is 70.8 Å². The molecular weight excluding hydrogens is 427 g/mol. The number of hydrogen-bond donors (Lipinski definition) is 0. The third kappa shape index (κ3) is 6.17. The minimum Gasteiger partial charge on any atom is -0.423 e. The van der Waals surface area contributed by atoms with E-state index in [1.54, 1.807) is 12.1 Å². The monoisotopic (exact) mass is 452 g/mol. The van der Waals surface area contributed by atoms with Gasteiger partial charge in [-0.05, 0) is 55.2 Å². The second-order valence-electron chi connectivity index (χ2n) is 8.20. The summed E-state index contributed by atoms with van der Waals surface area (Å²) in [6.45, 7) is 2.21. The number of allylic oxidation sites excluding steroid dienone is 1. The van der Waals surface area contributed by atoms with Gasteiger partial charge in [-0.2, -0.15) is 13.2 Å². The fourth-order valence-electron chi connectivity index (χ4n) is 4.10. The van der Waals surface area contributed by atoms with Crippen LogP contribution in [0.5, 0.6) is 5.75 Å². The van der Waals surface area contributed by atoms with Crippen molar-refractivity contribution in [3.63, 3.8) is 0 Å². The molecule has 7 heteroatoms. The van der Waals surface area contributed by atoms with Gasteiger partial charge in [-0.15, -0.1) is 0 Å². The first-order valence-electron chi connectivity index (χ1n) is 10.7. The zero-order valence-corrected chi connectivity index (χ0v) is 17.7. The molecule has 0 spiro atoms. The summed E-state index contributed by atoms with van der Waals surface area (Å²) in [7, 11) is 0. The molecule has 0 radical (unpaired) electrons. The van der Waals surface area contributed by atoms with E-state index in [9.17, 15) is 26.7 Å². The van der Waals surface area contributed by atoms with E-state index in [0.717, 1.165) is 11.5 Å². The molecule has 0 amide bonds. The minimum atomic E-state index is -5.19. The lowest BCUT2D eigenvalue weighted by Crippen LogP contribution is -2.13. The van der Waals surface area contributed by atoms with E-state index in [4.69, 9.17) is 4.74 Å². The average Bonchev–Trinajstić information content (AvgIpc) is 2.72. The van der Waals surface area contributed by atoms with Gasteiger partial charge < -0.3 is 4.74 Å². The van der Waals surface area contributed by atoms with Crippen molar-refractivity contribution in [2.75, 3.05) is 0 Å². The van der Waals surface area contributed by atoms with Crippen LogP contribution < -0.4 is 4.74 Å². The average molecular weight is 452 g/mol. The number of hydrogen-bond acceptors (Lipinski definition) is 2. The molecular formula is C25H25F5O2. The SMILES string of the molecule is CCCC1CCC(/C=C/c2ccc(C(=O)Oc3cc(F)c(C(F)(F)F)c(F)c3)cc2)CC1. The zero-order valence-electron chi connectivity index (χ0n) is 17.7. The van der Waals surface area contributed by atoms with Crippen LogP contribution in [0.15, 0.2) is 42.5 Å². The van der Waals surface area contributed by atoms with Crippen LogP contribution in [0.3, 0.4) is 0 Å². The van der Waals surface area contributed by atoms with Crippen molar-refractivity contribution in [2.24, 2.45) is 11.8 Å². The highest BCUT2D eigenvalue weighted by molar-refractivity contribution is 5.91. The van der Waals surface area contributed by atoms with E-state index < -0.39 is 35.1 Å². The maximum Gasteiger partial charge on any atom is 0.422 e. The van der Waals surface area contributed by atoms with Gasteiger partial charge in [-0.1, -0.05) is 44.1 Å². The third-order valence-corrected chi connectivity index (χ3v) is 5.81. The van der Waals surface area contributed by atoms with Gasteiger partial charge in [0.2, 0.25) is 0 Å². The Morgan fingerprint density at radius 1 is 1.03 bits per heavy atom. The molecule has 1 fully saturated rings. The van der Waals surface area contributed by atoms with Gasteiger partial charge in [-0.3, -0.25) is 0 Å². The lowest BCUT2D eigenvalue weighted by molar-refractivity contribution is -0.142. The maximum atomic E-state index is 13.7. The second kappa shape index (κ2) is 10.3. The Balaban J connectivity index is 1.60. The van der Waals surface area contributed by atoms with Crippen molar-refractivity contribution in [1.29, 1.82) is 0 Å². The van der Waals surface area contributed by atoms with Crippen LogP contribution in [0, 0.1) is 23.5 Å². The first-order chi connectivity index (χ1) is 15.2. The van der Waals surface area contributed by atoms with E-state index in [1.807, 2.05) is 6.08 Å². The molecule has 0 saturated heterocycles. The summed E-state index contributed by atoms with van der Waals surface area (Å²) in [5.41, 5.74) is -1.01. The molecule has 172 valence electrons. The summed E-state index contributed by atoms with van der Waals surface area (Å²) in [5, 5.41) is 0. The predicted molar refractivity (Wildman–Crippen MR) is 112 cm³/mol. The van der Waals surface area contributed by atoms with E-state index in [0.29, 0.717) is 18.1 Å². The summed E-state index contributed by atoms with van der Waals surface area (Å²) < 4.78 is 70.1. The lowest BCUT2D eigenvalue weighted by Gasteiger charge is -2.26. The topological polar surface area (TPSA) is 26.3 Å². The Bertz CT molecular complexity index is 932. The number of benzene rings is 2. The van der Waals surface area contributed by atoms with Crippen LogP contribution >= 0.6 is 0 Å². The molecule has 1 aliphatic rings. The van der Waals surface area contributed by atoms with Gasteiger partial charge in [-0.25, -0.2) is 13.6 Å². The molecule has 0 bridgehead atoms. The Morgan fingerprint density at radius 3 is 2.16 bits per heavy atom. The molecule has 2 aromatic rings. The van der Waals surface area contributed by atoms with Crippen molar-refractivity contribution in [3.8, 4) is 5.75 Å². The van der Waals surface area contributed by atoms with Crippen LogP contribution in [-0.4, -0.2) is 5.97 Å². The van der Waals surface area contributed by atoms with Gasteiger partial charge in [0.1, 0.15) is 22.9 Å². The van der Waals surface area contributed by atoms with Crippen molar-refractivity contribution in [2.45, 2.75) is 51.6 Å². The highest BCUT2D eigenvalue weighted by Gasteiger charge is 2.38. The number of carbonyl (C=O) groups excluding carboxylic acids is 1. The van der Waals surface area contributed by atoms with Crippen LogP contribution in [0.4, 0.5) is 22.0 Å². The Labute approximate surface area is 184 Å². The number of rotatable bonds is 6. The lowest BCUT2D eigenvalue weighted by atomic mass is 9.80. The summed E-state index contributed by atoms with van der Waals surface area (Å²) >= 11 is 0. The maximum absolute atomic E-state index is 13.7. The Kier molecular flexibility index (Phi) is 7.69. The zero-order chi connectivity index (χ0) is 23.3. The summed E-state index contributed by atoms with van der Waals surface area (Å²) in [6, 6.07) is 7.10. The number of alkyl halides is 3. The van der Waals surface area contributed by atoms with Crippen LogP contribution in [-0.2, 0) is 6.18 Å². The van der Waals surface area contributed by atoms with Gasteiger partial charge in [0.15, 0.2) is 0 Å². The molecule has 1 aliphatic carbocycles. The van der Waals surface area contributed by atoms with Gasteiger partial charge in [0, 0.05) is 12.1 Å². The van der Waals surface area contributed by atoms with Gasteiger partial charge >= 0.3 is 12.1 Å². The predicted octanol–water partition coefficient (Wildman–Crippen LogP) is 7.82. The van der Waals surface area contributed by atoms with Gasteiger partial charge in [0.05, 0.1) is 5.56 Å². The minimum absolute atomic E-state index is 0.114. The Morgan fingerprint density at radius 2 is 1.62 bits per heavy atom. The molecule has 32 heavy (non-hydrogen) atoms. The molecule has 0 unspecified atom stereocenters. The van der Waals surface area contributed by atoms with Crippen LogP contribution in [0.2, 0.25) is 0 Å². The highest BCUT2D eigenvalue weighted by atomic mass is 19.4. The first kappa shape index (κ1) is 24.0. The molecule has 2 aromatic carbocycles. The summed E-state index contributed by atoms with van der Waals surface area (Å²) in [5.74, 6) is -3.87. The molecule has 0 aromatic heterocycles. The molecule has 3 rings (SSSR count). The van der Waals surface area contributed by atoms with Crippen LogP contribution in [0.1, 0.15) is 66.9 Å². The van der Waals surface area contributed by atoms with Crippen molar-refractivity contribution >= 4 is 12.0 Å². The number of ether oxygens (including phenoxy) is 1. The van der Waals surface area contributed by atoms with Crippen molar-refractivity contribution < 1.29 is 31.5 Å². The fraction of sp³-hybridized carbons (Fsp3) is 0.400. The largest absolute Gasteiger partial charge is 0.423 e. The molecule has 0 heterocycles. The molecule has 0 atom stereocenters. The smallest absolute Gasteiger partial charge is 0.422 e. The van der Waals surface area contributed by atoms with Crippen LogP contribution in [0.25, 0.3) is 6.08 Å². The van der Waals surface area contributed by atoms with E-state index in [-0.39, 0.29) is 5.56 Å². The number of halogens is 5. The molecule has 0 N–H and O–H groups in total. The quantitative estimate of drug-likeness (QED) is 0.254.